The normalized spacial score (nSPS) is 16.6. The molecule has 0 spiro atoms. The first-order valence-corrected chi connectivity index (χ1v) is 17.0. The number of nitrogens with zero attached hydrogens (tertiary/aromatic N) is 8. The van der Waals surface area contributed by atoms with Gasteiger partial charge in [0.2, 0.25) is 5.95 Å². The minimum absolute atomic E-state index is 0.461. The van der Waals surface area contributed by atoms with Gasteiger partial charge in [-0.1, -0.05) is 0 Å². The number of anilines is 6. The predicted molar refractivity (Wildman–Crippen MR) is 196 cm³/mol. The van der Waals surface area contributed by atoms with Crippen LogP contribution in [0.3, 0.4) is 0 Å². The third-order valence-corrected chi connectivity index (χ3v) is 9.90. The van der Waals surface area contributed by atoms with Crippen LogP contribution in [-0.4, -0.2) is 107 Å². The number of aromatic nitrogens is 5. The van der Waals surface area contributed by atoms with Crippen LogP contribution in [0.5, 0.6) is 5.75 Å². The first-order valence-electron chi connectivity index (χ1n) is 17.0. The van der Waals surface area contributed by atoms with Gasteiger partial charge in [-0.3, -0.25) is 19.8 Å². The maximum Gasteiger partial charge on any atom is 0.231 e. The molecule has 48 heavy (non-hydrogen) atoms. The van der Waals surface area contributed by atoms with E-state index < -0.39 is 0 Å². The molecular formula is C36H47N11O. The number of nitrogens with one attached hydrogen (secondary N) is 3. The van der Waals surface area contributed by atoms with E-state index >= 15 is 0 Å². The van der Waals surface area contributed by atoms with Crippen LogP contribution in [0.25, 0.3) is 22.1 Å². The van der Waals surface area contributed by atoms with Crippen LogP contribution in [0.2, 0.25) is 0 Å². The molecule has 2 aliphatic heterocycles. The summed E-state index contributed by atoms with van der Waals surface area (Å²) in [6.45, 7) is 13.6. The van der Waals surface area contributed by atoms with Gasteiger partial charge in [-0.2, -0.15) is 9.97 Å². The molecule has 3 aromatic heterocycles. The minimum atomic E-state index is 0.461. The van der Waals surface area contributed by atoms with E-state index in [1.807, 2.05) is 43.4 Å². The maximum atomic E-state index is 5.93. The number of H-pyrrole nitrogens is 1. The third kappa shape index (κ3) is 6.29. The number of piperazine rings is 1. The van der Waals surface area contributed by atoms with Gasteiger partial charge >= 0.3 is 0 Å². The molecule has 5 aromatic rings. The standard InChI is InChI=1S/C36H47N11O/c1-23(2)45-17-19-46(20-18-45)25-10-15-47(16-11-25)30-22-31(48-6)29(21-24(30)3)41-36-42-34-26(9-12-39-34)35(43-36)40-28-8-7-27-32(33(28)44(4)5)38-14-13-37-27/h7-9,12-14,21-23,25H,10-11,15-20H2,1-6H3,(H3,39,40,41,42,43). The third-order valence-electron chi connectivity index (χ3n) is 9.90. The molecule has 0 saturated carbocycles. The molecule has 2 saturated heterocycles. The second kappa shape index (κ2) is 13.4. The highest BCUT2D eigenvalue weighted by atomic mass is 16.5. The van der Waals surface area contributed by atoms with E-state index in [1.165, 1.54) is 50.3 Å². The fourth-order valence-corrected chi connectivity index (χ4v) is 7.29. The molecule has 0 radical (unpaired) electrons. The Hall–Kier alpha value is -4.68. The van der Waals surface area contributed by atoms with Gasteiger partial charge in [0, 0.05) is 95.8 Å². The number of aromatic amines is 1. The Morgan fingerprint density at radius 3 is 2.42 bits per heavy atom. The van der Waals surface area contributed by atoms with Crippen molar-refractivity contribution in [2.45, 2.75) is 45.7 Å². The van der Waals surface area contributed by atoms with Gasteiger partial charge in [0.25, 0.3) is 0 Å². The molecular weight excluding hydrogens is 602 g/mol. The Morgan fingerprint density at radius 1 is 0.917 bits per heavy atom. The number of fused-ring (bicyclic) bond motifs is 2. The van der Waals surface area contributed by atoms with Crippen molar-refractivity contribution in [3.05, 3.63) is 54.5 Å². The van der Waals surface area contributed by atoms with Crippen molar-refractivity contribution in [3.8, 4) is 5.75 Å². The molecule has 2 aliphatic rings. The minimum Gasteiger partial charge on any atom is -0.494 e. The van der Waals surface area contributed by atoms with Crippen molar-refractivity contribution >= 4 is 56.6 Å². The van der Waals surface area contributed by atoms with Gasteiger partial charge in [0.05, 0.1) is 35.1 Å². The number of rotatable bonds is 9. The van der Waals surface area contributed by atoms with Crippen LogP contribution >= 0.6 is 0 Å². The van der Waals surface area contributed by atoms with Crippen molar-refractivity contribution in [2.24, 2.45) is 0 Å². The summed E-state index contributed by atoms with van der Waals surface area (Å²) in [6.07, 6.45) is 7.67. The van der Waals surface area contributed by atoms with Crippen LogP contribution < -0.4 is 25.2 Å². The zero-order valence-corrected chi connectivity index (χ0v) is 28.9. The Kier molecular flexibility index (Phi) is 8.93. The lowest BCUT2D eigenvalue weighted by Gasteiger charge is -2.44. The van der Waals surface area contributed by atoms with Crippen molar-refractivity contribution in [1.29, 1.82) is 0 Å². The summed E-state index contributed by atoms with van der Waals surface area (Å²) in [7, 11) is 5.72. The molecule has 12 heteroatoms. The number of aryl methyl sites for hydroxylation is 1. The van der Waals surface area contributed by atoms with Gasteiger partial charge in [0.15, 0.2) is 0 Å². The highest BCUT2D eigenvalue weighted by molar-refractivity contribution is 5.99. The molecule has 2 fully saturated rings. The molecule has 252 valence electrons. The molecule has 0 unspecified atom stereocenters. The quantitative estimate of drug-likeness (QED) is 0.181. The van der Waals surface area contributed by atoms with E-state index in [-0.39, 0.29) is 0 Å². The van der Waals surface area contributed by atoms with E-state index in [2.05, 4.69) is 73.2 Å². The lowest BCUT2D eigenvalue weighted by atomic mass is 10.00. The average Bonchev–Trinajstić information content (AvgIpc) is 3.57. The second-order valence-corrected chi connectivity index (χ2v) is 13.4. The maximum absolute atomic E-state index is 5.93. The summed E-state index contributed by atoms with van der Waals surface area (Å²) < 4.78 is 5.93. The topological polar surface area (TPSA) is 114 Å². The van der Waals surface area contributed by atoms with Crippen LogP contribution in [0, 0.1) is 6.92 Å². The number of piperidine rings is 1. The Bertz CT molecular complexity index is 1890. The van der Waals surface area contributed by atoms with Gasteiger partial charge < -0.3 is 30.2 Å². The number of hydrogen-bond donors (Lipinski definition) is 3. The largest absolute Gasteiger partial charge is 0.494 e. The van der Waals surface area contributed by atoms with E-state index in [1.54, 1.807) is 19.5 Å². The second-order valence-electron chi connectivity index (χ2n) is 13.4. The smallest absolute Gasteiger partial charge is 0.231 e. The first-order chi connectivity index (χ1) is 23.3. The van der Waals surface area contributed by atoms with Crippen LogP contribution in [0.4, 0.5) is 34.5 Å². The number of benzene rings is 2. The molecule has 0 amide bonds. The van der Waals surface area contributed by atoms with Gasteiger partial charge in [-0.15, -0.1) is 0 Å². The highest BCUT2D eigenvalue weighted by Gasteiger charge is 2.29. The summed E-state index contributed by atoms with van der Waals surface area (Å²) in [5.41, 5.74) is 7.42. The van der Waals surface area contributed by atoms with E-state index in [0.717, 1.165) is 58.0 Å². The SMILES string of the molecule is COc1cc(N2CCC(N3CCN(C(C)C)CC3)CC2)c(C)cc1Nc1nc(Nc2ccc3nccnc3c2N(C)C)c2cc[nH]c2n1. The Labute approximate surface area is 282 Å². The van der Waals surface area contributed by atoms with Crippen LogP contribution in [-0.2, 0) is 0 Å². The van der Waals surface area contributed by atoms with Gasteiger partial charge in [0.1, 0.15) is 22.7 Å². The number of ether oxygens (including phenoxy) is 1. The molecule has 0 aliphatic carbocycles. The summed E-state index contributed by atoms with van der Waals surface area (Å²) in [6, 6.07) is 11.6. The molecule has 7 rings (SSSR count). The van der Waals surface area contributed by atoms with Crippen molar-refractivity contribution in [3.63, 3.8) is 0 Å². The van der Waals surface area contributed by atoms with E-state index in [0.29, 0.717) is 23.8 Å². The summed E-state index contributed by atoms with van der Waals surface area (Å²) in [4.78, 5) is 32.0. The summed E-state index contributed by atoms with van der Waals surface area (Å²) in [5, 5.41) is 7.91. The fourth-order valence-electron chi connectivity index (χ4n) is 7.29. The molecule has 0 atom stereocenters. The lowest BCUT2D eigenvalue weighted by Crippen LogP contribution is -2.54. The molecule has 2 aromatic carbocycles. The number of methoxy groups -OCH3 is 1. The first kappa shape index (κ1) is 31.9. The summed E-state index contributed by atoms with van der Waals surface area (Å²) in [5.74, 6) is 1.90. The fraction of sp³-hybridized carbons (Fsp3) is 0.444. The summed E-state index contributed by atoms with van der Waals surface area (Å²) >= 11 is 0. The highest BCUT2D eigenvalue weighted by Crippen LogP contribution is 2.38. The number of hydrogen-bond acceptors (Lipinski definition) is 11. The Morgan fingerprint density at radius 2 is 1.69 bits per heavy atom. The monoisotopic (exact) mass is 649 g/mol. The van der Waals surface area contributed by atoms with Gasteiger partial charge in [-0.05, 0) is 63.4 Å². The molecule has 0 bridgehead atoms. The van der Waals surface area contributed by atoms with Crippen molar-refractivity contribution in [2.75, 3.05) is 80.9 Å². The van der Waals surface area contributed by atoms with Crippen LogP contribution in [0.15, 0.2) is 48.9 Å². The molecule has 3 N–H and O–H groups in total. The van der Waals surface area contributed by atoms with Crippen LogP contribution in [0.1, 0.15) is 32.3 Å². The molecule has 12 nitrogen and oxygen atoms in total. The lowest BCUT2D eigenvalue weighted by molar-refractivity contribution is 0.0692. The zero-order valence-electron chi connectivity index (χ0n) is 28.9. The van der Waals surface area contributed by atoms with Crippen molar-refractivity contribution in [1.82, 2.24) is 34.7 Å². The van der Waals surface area contributed by atoms with E-state index in [9.17, 15) is 0 Å². The van der Waals surface area contributed by atoms with Gasteiger partial charge in [-0.25, -0.2) is 0 Å². The average molecular weight is 650 g/mol. The predicted octanol–water partition coefficient (Wildman–Crippen LogP) is 5.77. The van der Waals surface area contributed by atoms with Crippen molar-refractivity contribution < 1.29 is 4.74 Å². The molecule has 5 heterocycles. The Balaban J connectivity index is 1.10. The van der Waals surface area contributed by atoms with E-state index in [4.69, 9.17) is 14.7 Å². The zero-order chi connectivity index (χ0) is 33.4.